The average molecular weight is 260 g/mol. The molecule has 2 aliphatic carbocycles. The molecule has 2 fully saturated rings. The van der Waals surface area contributed by atoms with E-state index in [4.69, 9.17) is 5.73 Å². The highest BCUT2D eigenvalue weighted by atomic mass is 32.2. The first-order valence-corrected chi connectivity index (χ1v) is 7.88. The zero-order chi connectivity index (χ0) is 12.6. The highest BCUT2D eigenvalue weighted by molar-refractivity contribution is 7.92. The third-order valence-corrected chi connectivity index (χ3v) is 6.03. The molecule has 0 saturated heterocycles. The van der Waals surface area contributed by atoms with Gasteiger partial charge in [-0.1, -0.05) is 6.92 Å². The predicted molar refractivity (Wildman–Crippen MR) is 65.1 cm³/mol. The SMILES string of the molecule is CC1C(N)CCC1S(=O)(=O)CC(=O)NC1CC1. The van der Waals surface area contributed by atoms with E-state index >= 15 is 0 Å². The maximum atomic E-state index is 12.1. The van der Waals surface area contributed by atoms with Crippen LogP contribution < -0.4 is 11.1 Å². The van der Waals surface area contributed by atoms with Crippen molar-refractivity contribution in [3.8, 4) is 0 Å². The summed E-state index contributed by atoms with van der Waals surface area (Å²) in [6, 6.07) is 0.155. The zero-order valence-corrected chi connectivity index (χ0v) is 10.9. The van der Waals surface area contributed by atoms with Crippen LogP contribution >= 0.6 is 0 Å². The van der Waals surface area contributed by atoms with Gasteiger partial charge in [0.1, 0.15) is 5.75 Å². The summed E-state index contributed by atoms with van der Waals surface area (Å²) >= 11 is 0. The largest absolute Gasteiger partial charge is 0.352 e. The molecule has 6 heteroatoms. The Kier molecular flexibility index (Phi) is 3.45. The lowest BCUT2D eigenvalue weighted by atomic mass is 10.1. The Labute approximate surface area is 102 Å². The van der Waals surface area contributed by atoms with Gasteiger partial charge in [0.2, 0.25) is 5.91 Å². The van der Waals surface area contributed by atoms with E-state index in [0.717, 1.165) is 19.3 Å². The van der Waals surface area contributed by atoms with Crippen LogP contribution in [0, 0.1) is 5.92 Å². The number of rotatable bonds is 4. The molecular weight excluding hydrogens is 240 g/mol. The molecule has 17 heavy (non-hydrogen) atoms. The highest BCUT2D eigenvalue weighted by Gasteiger charge is 2.40. The van der Waals surface area contributed by atoms with E-state index < -0.39 is 15.1 Å². The summed E-state index contributed by atoms with van der Waals surface area (Å²) < 4.78 is 24.2. The lowest BCUT2D eigenvalue weighted by molar-refractivity contribution is -0.118. The Bertz CT molecular complexity index is 403. The second-order valence-electron chi connectivity index (χ2n) is 5.29. The van der Waals surface area contributed by atoms with Crippen LogP contribution in [0.5, 0.6) is 0 Å². The normalized spacial score (nSPS) is 33.6. The van der Waals surface area contributed by atoms with Gasteiger partial charge in [-0.3, -0.25) is 4.79 Å². The van der Waals surface area contributed by atoms with Crippen LogP contribution in [0.15, 0.2) is 0 Å². The molecule has 0 aromatic heterocycles. The summed E-state index contributed by atoms with van der Waals surface area (Å²) in [4.78, 5) is 11.5. The van der Waals surface area contributed by atoms with Crippen LogP contribution in [0.2, 0.25) is 0 Å². The van der Waals surface area contributed by atoms with E-state index in [1.165, 1.54) is 0 Å². The van der Waals surface area contributed by atoms with Crippen molar-refractivity contribution >= 4 is 15.7 Å². The number of hydrogen-bond donors (Lipinski definition) is 2. The van der Waals surface area contributed by atoms with Gasteiger partial charge in [-0.05, 0) is 31.6 Å². The van der Waals surface area contributed by atoms with Gasteiger partial charge in [0.25, 0.3) is 0 Å². The van der Waals surface area contributed by atoms with Crippen molar-refractivity contribution in [2.45, 2.75) is 49.9 Å². The van der Waals surface area contributed by atoms with E-state index in [1.54, 1.807) is 0 Å². The Morgan fingerprint density at radius 2 is 1.94 bits per heavy atom. The van der Waals surface area contributed by atoms with Crippen molar-refractivity contribution in [3.63, 3.8) is 0 Å². The molecule has 2 saturated carbocycles. The fraction of sp³-hybridized carbons (Fsp3) is 0.909. The number of hydrogen-bond acceptors (Lipinski definition) is 4. The van der Waals surface area contributed by atoms with Crippen molar-refractivity contribution < 1.29 is 13.2 Å². The van der Waals surface area contributed by atoms with Crippen molar-refractivity contribution in [2.24, 2.45) is 11.7 Å². The van der Waals surface area contributed by atoms with E-state index in [-0.39, 0.29) is 29.7 Å². The van der Waals surface area contributed by atoms with Crippen molar-refractivity contribution in [3.05, 3.63) is 0 Å². The minimum Gasteiger partial charge on any atom is -0.352 e. The Balaban J connectivity index is 1.95. The number of nitrogens with one attached hydrogen (secondary N) is 1. The standard InChI is InChI=1S/C11H20N2O3S/c1-7-9(12)4-5-10(7)17(15,16)6-11(14)13-8-2-3-8/h7-10H,2-6,12H2,1H3,(H,13,14). The maximum absolute atomic E-state index is 12.1. The summed E-state index contributed by atoms with van der Waals surface area (Å²) in [5, 5.41) is 2.27. The second-order valence-corrected chi connectivity index (χ2v) is 7.51. The Morgan fingerprint density at radius 1 is 1.29 bits per heavy atom. The van der Waals surface area contributed by atoms with Crippen LogP contribution in [0.25, 0.3) is 0 Å². The van der Waals surface area contributed by atoms with Gasteiger partial charge in [-0.15, -0.1) is 0 Å². The first kappa shape index (κ1) is 12.8. The van der Waals surface area contributed by atoms with Gasteiger partial charge in [0.15, 0.2) is 9.84 Å². The van der Waals surface area contributed by atoms with Gasteiger partial charge in [0.05, 0.1) is 5.25 Å². The fourth-order valence-electron chi connectivity index (χ4n) is 2.45. The first-order valence-electron chi connectivity index (χ1n) is 6.16. The second kappa shape index (κ2) is 4.57. The monoisotopic (exact) mass is 260 g/mol. The summed E-state index contributed by atoms with van der Waals surface area (Å²) in [7, 11) is -3.35. The molecule has 0 bridgehead atoms. The minimum absolute atomic E-state index is 0.0475. The molecule has 3 atom stereocenters. The highest BCUT2D eigenvalue weighted by Crippen LogP contribution is 2.30. The third-order valence-electron chi connectivity index (χ3n) is 3.78. The van der Waals surface area contributed by atoms with Gasteiger partial charge in [0, 0.05) is 12.1 Å². The molecule has 0 aromatic carbocycles. The van der Waals surface area contributed by atoms with Crippen LogP contribution in [0.1, 0.15) is 32.6 Å². The predicted octanol–water partition coefficient (Wildman–Crippen LogP) is -0.194. The number of carbonyl (C=O) groups excluding carboxylic acids is 1. The van der Waals surface area contributed by atoms with E-state index in [1.807, 2.05) is 6.92 Å². The van der Waals surface area contributed by atoms with E-state index in [9.17, 15) is 13.2 Å². The minimum atomic E-state index is -3.35. The molecular formula is C11H20N2O3S. The van der Waals surface area contributed by atoms with Gasteiger partial charge in [-0.25, -0.2) is 8.42 Å². The number of amides is 1. The maximum Gasteiger partial charge on any atom is 0.235 e. The number of sulfone groups is 1. The molecule has 3 N–H and O–H groups in total. The molecule has 2 aliphatic rings. The van der Waals surface area contributed by atoms with Gasteiger partial charge >= 0.3 is 0 Å². The van der Waals surface area contributed by atoms with Gasteiger partial charge in [-0.2, -0.15) is 0 Å². The van der Waals surface area contributed by atoms with Crippen LogP contribution in [-0.4, -0.2) is 37.4 Å². The Hall–Kier alpha value is -0.620. The summed E-state index contributed by atoms with van der Waals surface area (Å²) in [6.07, 6.45) is 3.25. The van der Waals surface area contributed by atoms with Crippen molar-refractivity contribution in [1.29, 1.82) is 0 Å². The average Bonchev–Trinajstić information content (AvgIpc) is 2.93. The first-order chi connectivity index (χ1) is 7.90. The van der Waals surface area contributed by atoms with Gasteiger partial charge < -0.3 is 11.1 Å². The molecule has 0 aliphatic heterocycles. The quantitative estimate of drug-likeness (QED) is 0.733. The van der Waals surface area contributed by atoms with Crippen LogP contribution in [0.4, 0.5) is 0 Å². The molecule has 0 aromatic rings. The van der Waals surface area contributed by atoms with Crippen LogP contribution in [0.3, 0.4) is 0 Å². The lowest BCUT2D eigenvalue weighted by Crippen LogP contribution is -2.38. The van der Waals surface area contributed by atoms with E-state index in [0.29, 0.717) is 6.42 Å². The molecule has 98 valence electrons. The Morgan fingerprint density at radius 3 is 2.41 bits per heavy atom. The summed E-state index contributed by atoms with van der Waals surface area (Å²) in [5.74, 6) is -0.792. The van der Waals surface area contributed by atoms with Crippen LogP contribution in [-0.2, 0) is 14.6 Å². The molecule has 0 spiro atoms. The third kappa shape index (κ3) is 2.98. The number of carbonyl (C=O) groups is 1. The zero-order valence-electron chi connectivity index (χ0n) is 10.1. The molecule has 0 heterocycles. The van der Waals surface area contributed by atoms with Crippen molar-refractivity contribution in [1.82, 2.24) is 5.32 Å². The summed E-state index contributed by atoms with van der Waals surface area (Å²) in [5.41, 5.74) is 5.82. The molecule has 2 rings (SSSR count). The number of nitrogens with two attached hydrogens (primary N) is 1. The molecule has 3 unspecified atom stereocenters. The lowest BCUT2D eigenvalue weighted by Gasteiger charge is -2.18. The van der Waals surface area contributed by atoms with E-state index in [2.05, 4.69) is 5.32 Å². The molecule has 0 radical (unpaired) electrons. The smallest absolute Gasteiger partial charge is 0.235 e. The molecule has 5 nitrogen and oxygen atoms in total. The molecule has 1 amide bonds. The fourth-order valence-corrected chi connectivity index (χ4v) is 4.47. The topological polar surface area (TPSA) is 89.3 Å². The van der Waals surface area contributed by atoms with Crippen molar-refractivity contribution in [2.75, 3.05) is 5.75 Å². The summed E-state index contributed by atoms with van der Waals surface area (Å²) in [6.45, 7) is 1.86.